The van der Waals surface area contributed by atoms with Crippen molar-refractivity contribution >= 4 is 23.3 Å². The van der Waals surface area contributed by atoms with E-state index in [9.17, 15) is 9.59 Å². The van der Waals surface area contributed by atoms with Crippen LogP contribution in [0.25, 0.3) is 0 Å². The molecule has 0 saturated carbocycles. The van der Waals surface area contributed by atoms with Gasteiger partial charge in [0.25, 0.3) is 0 Å². The molecule has 0 spiro atoms. The van der Waals surface area contributed by atoms with E-state index in [1.807, 2.05) is 31.2 Å². The lowest BCUT2D eigenvalue weighted by Crippen LogP contribution is -2.45. The highest BCUT2D eigenvalue weighted by Crippen LogP contribution is 2.32. The molecule has 1 aromatic carbocycles. The Labute approximate surface area is 127 Å². The van der Waals surface area contributed by atoms with Gasteiger partial charge in [-0.3, -0.25) is 4.79 Å². The van der Waals surface area contributed by atoms with Crippen molar-refractivity contribution in [1.29, 1.82) is 0 Å². The molecule has 1 amide bonds. The maximum atomic E-state index is 12.4. The largest absolute Gasteiger partial charge is 0.463 e. The first kappa shape index (κ1) is 14.2. The van der Waals surface area contributed by atoms with Crippen LogP contribution >= 0.6 is 0 Å². The molecule has 1 atom stereocenters. The van der Waals surface area contributed by atoms with Crippen LogP contribution in [0.1, 0.15) is 23.2 Å². The lowest BCUT2D eigenvalue weighted by molar-refractivity contribution is -0.119. The summed E-state index contributed by atoms with van der Waals surface area (Å²) >= 11 is 0. The fraction of sp³-hybridized carbons (Fsp3) is 0.250. The Morgan fingerprint density at radius 1 is 1.32 bits per heavy atom. The van der Waals surface area contributed by atoms with Gasteiger partial charge in [0.05, 0.1) is 25.0 Å². The number of nitrogens with zero attached hydrogens (tertiary/aromatic N) is 1. The zero-order chi connectivity index (χ0) is 15.7. The van der Waals surface area contributed by atoms with E-state index in [0.717, 1.165) is 11.4 Å². The van der Waals surface area contributed by atoms with Crippen molar-refractivity contribution in [2.75, 3.05) is 17.3 Å². The van der Waals surface area contributed by atoms with Crippen molar-refractivity contribution in [2.45, 2.75) is 19.5 Å². The first-order valence-electron chi connectivity index (χ1n) is 6.94. The van der Waals surface area contributed by atoms with Crippen LogP contribution in [0.4, 0.5) is 11.4 Å². The molecule has 0 fully saturated rings. The Bertz CT molecular complexity index is 722. The van der Waals surface area contributed by atoms with Crippen molar-refractivity contribution in [1.82, 2.24) is 0 Å². The number of rotatable bonds is 3. The van der Waals surface area contributed by atoms with E-state index in [-0.39, 0.29) is 24.3 Å². The van der Waals surface area contributed by atoms with Gasteiger partial charge in [-0.05, 0) is 31.2 Å². The van der Waals surface area contributed by atoms with E-state index in [2.05, 4.69) is 10.1 Å². The molecule has 6 heteroatoms. The number of amides is 1. The van der Waals surface area contributed by atoms with Gasteiger partial charge in [-0.15, -0.1) is 0 Å². The van der Waals surface area contributed by atoms with Gasteiger partial charge in [0.2, 0.25) is 11.7 Å². The van der Waals surface area contributed by atoms with E-state index in [1.165, 1.54) is 7.11 Å². The first-order chi connectivity index (χ1) is 10.6. The van der Waals surface area contributed by atoms with E-state index < -0.39 is 5.97 Å². The van der Waals surface area contributed by atoms with E-state index in [1.54, 1.807) is 17.0 Å². The minimum absolute atomic E-state index is 0.0466. The average Bonchev–Trinajstić information content (AvgIpc) is 2.99. The minimum Gasteiger partial charge on any atom is -0.463 e. The van der Waals surface area contributed by atoms with E-state index >= 15 is 0 Å². The summed E-state index contributed by atoms with van der Waals surface area (Å²) in [4.78, 5) is 25.5. The first-order valence-corrected chi connectivity index (χ1v) is 6.94. The van der Waals surface area contributed by atoms with Crippen molar-refractivity contribution in [2.24, 2.45) is 0 Å². The van der Waals surface area contributed by atoms with Crippen LogP contribution in [-0.4, -0.2) is 25.0 Å². The zero-order valence-corrected chi connectivity index (χ0v) is 12.3. The summed E-state index contributed by atoms with van der Waals surface area (Å²) in [6, 6.07) is 10.5. The highest BCUT2D eigenvalue weighted by atomic mass is 16.5. The normalized spacial score (nSPS) is 16.9. The minimum atomic E-state index is -0.536. The number of anilines is 2. The molecular formula is C16H16N2O4. The highest BCUT2D eigenvalue weighted by Gasteiger charge is 2.30. The van der Waals surface area contributed by atoms with Crippen LogP contribution in [-0.2, 0) is 16.1 Å². The summed E-state index contributed by atoms with van der Waals surface area (Å²) in [5, 5.41) is 3.16. The van der Waals surface area contributed by atoms with Gasteiger partial charge in [0.1, 0.15) is 11.8 Å². The molecule has 2 aromatic rings. The monoisotopic (exact) mass is 300 g/mol. The maximum Gasteiger partial charge on any atom is 0.373 e. The number of methoxy groups -OCH3 is 1. The molecule has 22 heavy (non-hydrogen) atoms. The molecule has 1 aromatic heterocycles. The van der Waals surface area contributed by atoms with Crippen LogP contribution in [0, 0.1) is 0 Å². The van der Waals surface area contributed by atoms with E-state index in [0.29, 0.717) is 5.76 Å². The molecule has 1 aliphatic rings. The molecule has 1 unspecified atom stereocenters. The predicted molar refractivity (Wildman–Crippen MR) is 80.8 cm³/mol. The molecule has 1 aliphatic heterocycles. The Hall–Kier alpha value is -2.76. The second-order valence-electron chi connectivity index (χ2n) is 5.07. The molecule has 1 N–H and O–H groups in total. The summed E-state index contributed by atoms with van der Waals surface area (Å²) in [6.45, 7) is 2.08. The molecule has 0 radical (unpaired) electrons. The van der Waals surface area contributed by atoms with Crippen LogP contribution in [0.15, 0.2) is 40.8 Å². The summed E-state index contributed by atoms with van der Waals surface area (Å²) in [6.07, 6.45) is 0. The average molecular weight is 300 g/mol. The van der Waals surface area contributed by atoms with Gasteiger partial charge >= 0.3 is 5.97 Å². The van der Waals surface area contributed by atoms with Crippen molar-refractivity contribution in [3.8, 4) is 0 Å². The predicted octanol–water partition coefficient (Wildman–Crippen LogP) is 2.41. The fourth-order valence-corrected chi connectivity index (χ4v) is 2.47. The Kier molecular flexibility index (Phi) is 3.58. The van der Waals surface area contributed by atoms with Crippen molar-refractivity contribution < 1.29 is 18.7 Å². The smallest absolute Gasteiger partial charge is 0.373 e. The summed E-state index contributed by atoms with van der Waals surface area (Å²) < 4.78 is 10.1. The van der Waals surface area contributed by atoms with Crippen LogP contribution in [0.2, 0.25) is 0 Å². The molecular weight excluding hydrogens is 284 g/mol. The number of carbonyl (C=O) groups excluding carboxylic acids is 2. The fourth-order valence-electron chi connectivity index (χ4n) is 2.47. The Balaban J connectivity index is 1.89. The molecule has 0 bridgehead atoms. The summed E-state index contributed by atoms with van der Waals surface area (Å²) in [5.41, 5.74) is 1.69. The Morgan fingerprint density at radius 2 is 2.09 bits per heavy atom. The van der Waals surface area contributed by atoms with Crippen LogP contribution in [0.3, 0.4) is 0 Å². The Morgan fingerprint density at radius 3 is 2.86 bits per heavy atom. The van der Waals surface area contributed by atoms with Gasteiger partial charge in [0, 0.05) is 0 Å². The number of nitrogens with one attached hydrogen (secondary N) is 1. The molecule has 0 saturated heterocycles. The van der Waals surface area contributed by atoms with Gasteiger partial charge < -0.3 is 19.4 Å². The molecule has 3 rings (SSSR count). The van der Waals surface area contributed by atoms with Gasteiger partial charge in [-0.2, -0.15) is 0 Å². The van der Waals surface area contributed by atoms with Crippen molar-refractivity contribution in [3.05, 3.63) is 47.9 Å². The second kappa shape index (κ2) is 5.55. The second-order valence-corrected chi connectivity index (χ2v) is 5.07. The standard InChI is InChI=1S/C16H16N2O4/c1-10-15(19)18(13-6-4-3-5-12(13)17-10)9-11-7-8-14(22-11)16(20)21-2/h3-8,10,17H,9H2,1-2H3. The number of fused-ring (bicyclic) bond motifs is 1. The number of furan rings is 1. The third kappa shape index (κ3) is 2.43. The molecule has 114 valence electrons. The molecule has 2 heterocycles. The number of ether oxygens (including phenoxy) is 1. The molecule has 6 nitrogen and oxygen atoms in total. The summed E-state index contributed by atoms with van der Waals surface area (Å²) in [7, 11) is 1.29. The quantitative estimate of drug-likeness (QED) is 0.881. The van der Waals surface area contributed by atoms with Gasteiger partial charge in [-0.1, -0.05) is 12.1 Å². The van der Waals surface area contributed by atoms with Crippen molar-refractivity contribution in [3.63, 3.8) is 0 Å². The van der Waals surface area contributed by atoms with E-state index in [4.69, 9.17) is 4.42 Å². The number of benzene rings is 1. The molecule has 0 aliphatic carbocycles. The van der Waals surface area contributed by atoms with Crippen LogP contribution in [0.5, 0.6) is 0 Å². The van der Waals surface area contributed by atoms with Crippen LogP contribution < -0.4 is 10.2 Å². The number of hydrogen-bond donors (Lipinski definition) is 1. The number of carbonyl (C=O) groups is 2. The van der Waals surface area contributed by atoms with Gasteiger partial charge in [0.15, 0.2) is 0 Å². The third-order valence-electron chi connectivity index (χ3n) is 3.57. The number of hydrogen-bond acceptors (Lipinski definition) is 5. The SMILES string of the molecule is COC(=O)c1ccc(CN2C(=O)C(C)Nc3ccccc32)o1. The lowest BCUT2D eigenvalue weighted by Gasteiger charge is -2.33. The topological polar surface area (TPSA) is 71.8 Å². The highest BCUT2D eigenvalue weighted by molar-refractivity contribution is 6.04. The third-order valence-corrected chi connectivity index (χ3v) is 3.57. The van der Waals surface area contributed by atoms with Gasteiger partial charge in [-0.25, -0.2) is 4.79 Å². The summed E-state index contributed by atoms with van der Waals surface area (Å²) in [5.74, 6) is 0.0699. The number of para-hydroxylation sites is 2. The number of esters is 1. The maximum absolute atomic E-state index is 12.4. The lowest BCUT2D eigenvalue weighted by atomic mass is 10.1. The zero-order valence-electron chi connectivity index (χ0n) is 12.3.